The molecule has 0 bridgehead atoms. The van der Waals surface area contributed by atoms with Gasteiger partial charge in [-0.25, -0.2) is 0 Å². The van der Waals surface area contributed by atoms with Crippen LogP contribution in [0, 0.1) is 5.41 Å². The van der Waals surface area contributed by atoms with E-state index in [1.807, 2.05) is 25.1 Å². The van der Waals surface area contributed by atoms with E-state index >= 15 is 0 Å². The van der Waals surface area contributed by atoms with Crippen LogP contribution in [0.4, 0.5) is 0 Å². The molecule has 12 heavy (non-hydrogen) atoms. The first-order valence-corrected chi connectivity index (χ1v) is 4.16. The molecule has 0 aliphatic carbocycles. The highest BCUT2D eigenvalue weighted by atomic mass is 14.5. The van der Waals surface area contributed by atoms with Crippen LogP contribution in [0.25, 0.3) is 0 Å². The monoisotopic (exact) mass is 161 g/mol. The van der Waals surface area contributed by atoms with Gasteiger partial charge in [0.1, 0.15) is 0 Å². The summed E-state index contributed by atoms with van der Waals surface area (Å²) in [6, 6.07) is 10.2. The van der Waals surface area contributed by atoms with E-state index < -0.39 is 0 Å². The van der Waals surface area contributed by atoms with Crippen molar-refractivity contribution in [1.29, 1.82) is 5.41 Å². The first kappa shape index (κ1) is 8.98. The van der Waals surface area contributed by atoms with Crippen molar-refractivity contribution < 1.29 is 0 Å². The molecule has 1 aromatic carbocycles. The summed E-state index contributed by atoms with van der Waals surface area (Å²) < 4.78 is 0. The van der Waals surface area contributed by atoms with Gasteiger partial charge in [-0.3, -0.25) is 0 Å². The Morgan fingerprint density at radius 1 is 1.17 bits per heavy atom. The van der Waals surface area contributed by atoms with Gasteiger partial charge in [0.2, 0.25) is 0 Å². The smallest absolute Gasteiger partial charge is 0.0270 e. The molecule has 0 atom stereocenters. The van der Waals surface area contributed by atoms with Crippen molar-refractivity contribution in [3.8, 4) is 0 Å². The third-order valence-corrected chi connectivity index (χ3v) is 2.43. The molecule has 0 aliphatic rings. The van der Waals surface area contributed by atoms with Crippen LogP contribution in [0.5, 0.6) is 0 Å². The van der Waals surface area contributed by atoms with Crippen molar-refractivity contribution in [3.63, 3.8) is 0 Å². The summed E-state index contributed by atoms with van der Waals surface area (Å²) in [6.45, 7) is 6.00. The minimum Gasteiger partial charge on any atom is -0.309 e. The molecule has 1 aromatic rings. The maximum absolute atomic E-state index is 7.63. The lowest BCUT2D eigenvalue weighted by Crippen LogP contribution is -2.25. The van der Waals surface area contributed by atoms with Crippen molar-refractivity contribution in [2.24, 2.45) is 0 Å². The van der Waals surface area contributed by atoms with Crippen LogP contribution in [0.15, 0.2) is 30.3 Å². The molecule has 1 rings (SSSR count). The molecule has 0 saturated carbocycles. The fourth-order valence-electron chi connectivity index (χ4n) is 1.07. The van der Waals surface area contributed by atoms with Crippen molar-refractivity contribution >= 4 is 5.71 Å². The summed E-state index contributed by atoms with van der Waals surface area (Å²) in [5, 5.41) is 7.63. The molecule has 0 unspecified atom stereocenters. The average molecular weight is 161 g/mol. The minimum atomic E-state index is -0.124. The molecule has 1 heteroatoms. The molecule has 0 spiro atoms. The molecule has 0 amide bonds. The first-order chi connectivity index (χ1) is 5.55. The number of benzene rings is 1. The topological polar surface area (TPSA) is 23.9 Å². The maximum Gasteiger partial charge on any atom is 0.0270 e. The fourth-order valence-corrected chi connectivity index (χ4v) is 1.07. The van der Waals surface area contributed by atoms with Gasteiger partial charge in [-0.1, -0.05) is 44.2 Å². The first-order valence-electron chi connectivity index (χ1n) is 4.16. The highest BCUT2D eigenvalue weighted by molar-refractivity contribution is 5.89. The van der Waals surface area contributed by atoms with Crippen LogP contribution < -0.4 is 0 Å². The third-order valence-electron chi connectivity index (χ3n) is 2.43. The zero-order valence-electron chi connectivity index (χ0n) is 7.89. The highest BCUT2D eigenvalue weighted by Crippen LogP contribution is 2.23. The fraction of sp³-hybridized carbons (Fsp3) is 0.364. The second kappa shape index (κ2) is 3.10. The van der Waals surface area contributed by atoms with Gasteiger partial charge in [0.15, 0.2) is 0 Å². The minimum absolute atomic E-state index is 0.124. The molecular formula is C11H15N. The Balaban J connectivity index is 3.06. The summed E-state index contributed by atoms with van der Waals surface area (Å²) in [5.74, 6) is 0. The van der Waals surface area contributed by atoms with Crippen molar-refractivity contribution in [1.82, 2.24) is 0 Å². The molecule has 0 fully saturated rings. The molecule has 0 radical (unpaired) electrons. The Morgan fingerprint density at radius 2 is 1.67 bits per heavy atom. The third kappa shape index (κ3) is 1.55. The summed E-state index contributed by atoms with van der Waals surface area (Å²) >= 11 is 0. The average Bonchev–Trinajstić information content (AvgIpc) is 2.06. The van der Waals surface area contributed by atoms with Crippen molar-refractivity contribution in [2.45, 2.75) is 26.2 Å². The quantitative estimate of drug-likeness (QED) is 0.645. The van der Waals surface area contributed by atoms with Gasteiger partial charge >= 0.3 is 0 Å². The highest BCUT2D eigenvalue weighted by Gasteiger charge is 2.21. The second-order valence-electron chi connectivity index (χ2n) is 3.62. The van der Waals surface area contributed by atoms with E-state index in [2.05, 4.69) is 26.0 Å². The van der Waals surface area contributed by atoms with Gasteiger partial charge in [-0.15, -0.1) is 0 Å². The van der Waals surface area contributed by atoms with Gasteiger partial charge in [-0.2, -0.15) is 0 Å². The Kier molecular flexibility index (Phi) is 2.32. The number of hydrogen-bond acceptors (Lipinski definition) is 1. The summed E-state index contributed by atoms with van der Waals surface area (Å²) in [5.41, 5.74) is 1.78. The molecule has 1 nitrogen and oxygen atoms in total. The largest absolute Gasteiger partial charge is 0.309 e. The molecule has 0 saturated heterocycles. The predicted octanol–water partition coefficient (Wildman–Crippen LogP) is 3.00. The summed E-state index contributed by atoms with van der Waals surface area (Å²) in [7, 11) is 0. The lowest BCUT2D eigenvalue weighted by Gasteiger charge is -2.23. The predicted molar refractivity (Wildman–Crippen MR) is 52.9 cm³/mol. The lowest BCUT2D eigenvalue weighted by atomic mass is 9.81. The van der Waals surface area contributed by atoms with Crippen molar-refractivity contribution in [3.05, 3.63) is 35.9 Å². The Hall–Kier alpha value is -1.11. The van der Waals surface area contributed by atoms with Gasteiger partial charge in [-0.05, 0) is 12.5 Å². The molecular weight excluding hydrogens is 146 g/mol. The van der Waals surface area contributed by atoms with Gasteiger partial charge in [0, 0.05) is 11.1 Å². The van der Waals surface area contributed by atoms with Crippen LogP contribution in [0.3, 0.4) is 0 Å². The number of nitrogens with one attached hydrogen (secondary N) is 1. The van der Waals surface area contributed by atoms with E-state index in [0.717, 1.165) is 0 Å². The van der Waals surface area contributed by atoms with Gasteiger partial charge in [0.25, 0.3) is 0 Å². The SMILES string of the molecule is CC(=N)C(C)(C)c1ccccc1. The zero-order chi connectivity index (χ0) is 9.19. The van der Waals surface area contributed by atoms with E-state index in [9.17, 15) is 0 Å². The Morgan fingerprint density at radius 3 is 2.08 bits per heavy atom. The second-order valence-corrected chi connectivity index (χ2v) is 3.62. The summed E-state index contributed by atoms with van der Waals surface area (Å²) in [4.78, 5) is 0. The molecule has 1 N–H and O–H groups in total. The Labute approximate surface area is 73.9 Å². The zero-order valence-corrected chi connectivity index (χ0v) is 7.89. The van der Waals surface area contributed by atoms with Gasteiger partial charge in [0.05, 0.1) is 0 Å². The van der Waals surface area contributed by atoms with Crippen LogP contribution >= 0.6 is 0 Å². The maximum atomic E-state index is 7.63. The van der Waals surface area contributed by atoms with E-state index in [1.54, 1.807) is 0 Å². The van der Waals surface area contributed by atoms with Crippen LogP contribution in [-0.2, 0) is 5.41 Å². The van der Waals surface area contributed by atoms with E-state index in [1.165, 1.54) is 5.56 Å². The molecule has 64 valence electrons. The molecule has 0 aromatic heterocycles. The van der Waals surface area contributed by atoms with E-state index in [-0.39, 0.29) is 5.41 Å². The van der Waals surface area contributed by atoms with Gasteiger partial charge < -0.3 is 5.41 Å². The van der Waals surface area contributed by atoms with Crippen LogP contribution in [-0.4, -0.2) is 5.71 Å². The van der Waals surface area contributed by atoms with Crippen LogP contribution in [0.2, 0.25) is 0 Å². The van der Waals surface area contributed by atoms with Crippen LogP contribution in [0.1, 0.15) is 26.3 Å². The molecule has 0 aliphatic heterocycles. The Bertz CT molecular complexity index is 272. The lowest BCUT2D eigenvalue weighted by molar-refractivity contribution is 0.709. The number of hydrogen-bond donors (Lipinski definition) is 1. The molecule has 0 heterocycles. The summed E-state index contributed by atoms with van der Waals surface area (Å²) in [6.07, 6.45) is 0. The number of rotatable bonds is 2. The van der Waals surface area contributed by atoms with Crippen molar-refractivity contribution in [2.75, 3.05) is 0 Å². The normalized spacial score (nSPS) is 11.2. The van der Waals surface area contributed by atoms with E-state index in [0.29, 0.717) is 5.71 Å². The standard InChI is InChI=1S/C11H15N/c1-9(12)11(2,3)10-7-5-4-6-8-10/h4-8,12H,1-3H3. The van der Waals surface area contributed by atoms with E-state index in [4.69, 9.17) is 5.41 Å².